The lowest BCUT2D eigenvalue weighted by molar-refractivity contribution is -0.112. The van der Waals surface area contributed by atoms with Crippen molar-refractivity contribution in [2.45, 2.75) is 39.5 Å². The molecule has 1 heterocycles. The summed E-state index contributed by atoms with van der Waals surface area (Å²) in [6.07, 6.45) is 2.94. The minimum absolute atomic E-state index is 0.248. The molecular weight excluding hydrogens is 290 g/mol. The molecule has 122 valence electrons. The van der Waals surface area contributed by atoms with E-state index in [4.69, 9.17) is 0 Å². The van der Waals surface area contributed by atoms with Gasteiger partial charge in [0.2, 0.25) is 0 Å². The van der Waals surface area contributed by atoms with Crippen molar-refractivity contribution >= 4 is 17.4 Å². The van der Waals surface area contributed by atoms with Crippen LogP contribution in [-0.2, 0) is 11.8 Å². The molecule has 0 radical (unpaired) electrons. The summed E-state index contributed by atoms with van der Waals surface area (Å²) in [7, 11) is 1.71. The van der Waals surface area contributed by atoms with Crippen LogP contribution in [0, 0.1) is 0 Å². The third kappa shape index (κ3) is 3.67. The Bertz CT molecular complexity index is 703. The van der Waals surface area contributed by atoms with Crippen molar-refractivity contribution in [3.63, 3.8) is 0 Å². The predicted octanol–water partition coefficient (Wildman–Crippen LogP) is 3.49. The summed E-state index contributed by atoms with van der Waals surface area (Å²) in [5.41, 5.74) is 3.10. The number of Topliss-reactive ketones (excluding diaryl/α,β-unsaturated/α-hetero) is 1. The fourth-order valence-electron chi connectivity index (χ4n) is 2.54. The van der Waals surface area contributed by atoms with Gasteiger partial charge in [-0.05, 0) is 23.0 Å². The summed E-state index contributed by atoms with van der Waals surface area (Å²) in [5, 5.41) is 6.76. The summed E-state index contributed by atoms with van der Waals surface area (Å²) < 4.78 is 1.50. The maximum absolute atomic E-state index is 12.4. The molecule has 0 unspecified atom stereocenters. The summed E-state index contributed by atoms with van der Waals surface area (Å²) in [4.78, 5) is 24.6. The van der Waals surface area contributed by atoms with Gasteiger partial charge in [0.25, 0.3) is 11.7 Å². The normalized spacial score (nSPS) is 11.1. The van der Waals surface area contributed by atoms with Gasteiger partial charge >= 0.3 is 0 Å². The second-order valence-corrected chi connectivity index (χ2v) is 6.31. The number of carbonyl (C=O) groups is 2. The van der Waals surface area contributed by atoms with Gasteiger partial charge in [0.05, 0.1) is 11.8 Å². The first-order chi connectivity index (χ1) is 10.8. The summed E-state index contributed by atoms with van der Waals surface area (Å²) in [5.74, 6) is -0.714. The SMILES string of the molecule is CC(C)c1cccc(C(C)C)c1NC(=O)C(=O)c1cnn(C)c1. The first kappa shape index (κ1) is 16.9. The highest BCUT2D eigenvalue weighted by Crippen LogP contribution is 2.32. The van der Waals surface area contributed by atoms with Gasteiger partial charge in [-0.1, -0.05) is 45.9 Å². The largest absolute Gasteiger partial charge is 0.319 e. The quantitative estimate of drug-likeness (QED) is 0.679. The van der Waals surface area contributed by atoms with Gasteiger partial charge in [-0.2, -0.15) is 5.10 Å². The first-order valence-corrected chi connectivity index (χ1v) is 7.78. The Morgan fingerprint density at radius 2 is 1.65 bits per heavy atom. The Hall–Kier alpha value is -2.43. The van der Waals surface area contributed by atoms with Crippen LogP contribution in [0.4, 0.5) is 5.69 Å². The zero-order valence-corrected chi connectivity index (χ0v) is 14.3. The van der Waals surface area contributed by atoms with E-state index in [2.05, 4.69) is 38.1 Å². The third-order valence-electron chi connectivity index (χ3n) is 3.78. The van der Waals surface area contributed by atoms with E-state index in [-0.39, 0.29) is 17.4 Å². The zero-order valence-electron chi connectivity index (χ0n) is 14.3. The van der Waals surface area contributed by atoms with E-state index in [0.717, 1.165) is 16.8 Å². The molecule has 0 spiro atoms. The van der Waals surface area contributed by atoms with E-state index in [9.17, 15) is 9.59 Å². The van der Waals surface area contributed by atoms with E-state index in [1.807, 2.05) is 18.2 Å². The van der Waals surface area contributed by atoms with E-state index in [1.54, 1.807) is 13.2 Å². The second kappa shape index (κ2) is 6.77. The minimum atomic E-state index is -0.631. The number of hydrogen-bond acceptors (Lipinski definition) is 3. The fourth-order valence-corrected chi connectivity index (χ4v) is 2.54. The monoisotopic (exact) mass is 313 g/mol. The minimum Gasteiger partial charge on any atom is -0.319 e. The zero-order chi connectivity index (χ0) is 17.1. The van der Waals surface area contributed by atoms with Crippen molar-refractivity contribution < 1.29 is 9.59 Å². The number of ketones is 1. The van der Waals surface area contributed by atoms with Crippen molar-refractivity contribution in [2.24, 2.45) is 7.05 Å². The van der Waals surface area contributed by atoms with Crippen molar-refractivity contribution in [3.05, 3.63) is 47.3 Å². The molecule has 0 saturated heterocycles. The smallest absolute Gasteiger partial charge is 0.296 e. The molecule has 5 nitrogen and oxygen atoms in total. The molecule has 1 aromatic carbocycles. The van der Waals surface area contributed by atoms with Crippen LogP contribution in [0.25, 0.3) is 0 Å². The number of aromatic nitrogens is 2. The molecular formula is C18H23N3O2. The van der Waals surface area contributed by atoms with Crippen molar-refractivity contribution in [1.29, 1.82) is 0 Å². The van der Waals surface area contributed by atoms with Crippen molar-refractivity contribution in [1.82, 2.24) is 9.78 Å². The van der Waals surface area contributed by atoms with Crippen LogP contribution >= 0.6 is 0 Å². The Balaban J connectivity index is 2.35. The Morgan fingerprint density at radius 1 is 1.09 bits per heavy atom. The van der Waals surface area contributed by atoms with Gasteiger partial charge in [-0.25, -0.2) is 0 Å². The van der Waals surface area contributed by atoms with Crippen LogP contribution in [0.5, 0.6) is 0 Å². The van der Waals surface area contributed by atoms with Crippen LogP contribution < -0.4 is 5.32 Å². The van der Waals surface area contributed by atoms with Crippen LogP contribution in [-0.4, -0.2) is 21.5 Å². The van der Waals surface area contributed by atoms with E-state index in [1.165, 1.54) is 10.9 Å². The van der Waals surface area contributed by atoms with Crippen LogP contribution in [0.15, 0.2) is 30.6 Å². The maximum atomic E-state index is 12.4. The summed E-state index contributed by atoms with van der Waals surface area (Å²) in [6.45, 7) is 8.27. The van der Waals surface area contributed by atoms with E-state index >= 15 is 0 Å². The molecule has 1 N–H and O–H groups in total. The second-order valence-electron chi connectivity index (χ2n) is 6.31. The highest BCUT2D eigenvalue weighted by atomic mass is 16.2. The molecule has 1 amide bonds. The molecule has 0 bridgehead atoms. The highest BCUT2D eigenvalue weighted by molar-refractivity contribution is 6.46. The molecule has 1 aromatic heterocycles. The molecule has 2 rings (SSSR count). The summed E-state index contributed by atoms with van der Waals surface area (Å²) >= 11 is 0. The average Bonchev–Trinajstić information content (AvgIpc) is 2.92. The van der Waals surface area contributed by atoms with Gasteiger partial charge in [-0.3, -0.25) is 14.3 Å². The molecule has 0 saturated carbocycles. The fraction of sp³-hybridized carbons (Fsp3) is 0.389. The lowest BCUT2D eigenvalue weighted by Gasteiger charge is -2.19. The van der Waals surface area contributed by atoms with Gasteiger partial charge in [0.1, 0.15) is 0 Å². The van der Waals surface area contributed by atoms with Crippen LogP contribution in [0.1, 0.15) is 61.0 Å². The number of para-hydroxylation sites is 1. The van der Waals surface area contributed by atoms with Crippen molar-refractivity contribution in [3.8, 4) is 0 Å². The third-order valence-corrected chi connectivity index (χ3v) is 3.78. The molecule has 0 atom stereocenters. The molecule has 0 fully saturated rings. The van der Waals surface area contributed by atoms with Crippen LogP contribution in [0.3, 0.4) is 0 Å². The van der Waals surface area contributed by atoms with E-state index < -0.39 is 11.7 Å². The Kier molecular flexibility index (Phi) is 4.98. The molecule has 0 aliphatic heterocycles. The predicted molar refractivity (Wildman–Crippen MR) is 90.8 cm³/mol. The standard InChI is InChI=1S/C18H23N3O2/c1-11(2)14-7-6-8-15(12(3)4)16(14)20-18(23)17(22)13-9-19-21(5)10-13/h6-12H,1-5H3,(H,20,23). The van der Waals surface area contributed by atoms with Crippen LogP contribution in [0.2, 0.25) is 0 Å². The molecule has 0 aliphatic rings. The molecule has 0 aliphatic carbocycles. The molecule has 5 heteroatoms. The lowest BCUT2D eigenvalue weighted by atomic mass is 9.92. The molecule has 23 heavy (non-hydrogen) atoms. The number of hydrogen-bond donors (Lipinski definition) is 1. The first-order valence-electron chi connectivity index (χ1n) is 7.78. The van der Waals surface area contributed by atoms with Gasteiger partial charge in [0.15, 0.2) is 0 Å². The number of anilines is 1. The molecule has 2 aromatic rings. The number of carbonyl (C=O) groups excluding carboxylic acids is 2. The van der Waals surface area contributed by atoms with Gasteiger partial charge in [0, 0.05) is 18.9 Å². The number of nitrogens with zero attached hydrogens (tertiary/aromatic N) is 2. The van der Waals surface area contributed by atoms with Crippen molar-refractivity contribution in [2.75, 3.05) is 5.32 Å². The number of amides is 1. The average molecular weight is 313 g/mol. The number of benzene rings is 1. The van der Waals surface area contributed by atoms with E-state index in [0.29, 0.717) is 0 Å². The number of aryl methyl sites for hydroxylation is 1. The highest BCUT2D eigenvalue weighted by Gasteiger charge is 2.22. The Morgan fingerprint density at radius 3 is 2.09 bits per heavy atom. The number of rotatable bonds is 5. The van der Waals surface area contributed by atoms with Gasteiger partial charge < -0.3 is 5.32 Å². The lowest BCUT2D eigenvalue weighted by Crippen LogP contribution is -2.24. The Labute approximate surface area is 136 Å². The maximum Gasteiger partial charge on any atom is 0.296 e. The van der Waals surface area contributed by atoms with Gasteiger partial charge in [-0.15, -0.1) is 0 Å². The summed E-state index contributed by atoms with van der Waals surface area (Å²) in [6, 6.07) is 5.96. The number of nitrogens with one attached hydrogen (secondary N) is 1. The topological polar surface area (TPSA) is 64.0 Å².